The van der Waals surface area contributed by atoms with Crippen molar-refractivity contribution in [3.8, 4) is 5.75 Å². The van der Waals surface area contributed by atoms with Crippen LogP contribution in [0, 0.1) is 17.8 Å². The molecule has 6 nitrogen and oxygen atoms in total. The zero-order valence-electron chi connectivity index (χ0n) is 17.2. The molecule has 4 aliphatic carbocycles. The van der Waals surface area contributed by atoms with Crippen LogP contribution >= 0.6 is 11.6 Å². The van der Waals surface area contributed by atoms with Gasteiger partial charge in [-0.05, 0) is 81.4 Å². The van der Waals surface area contributed by atoms with Crippen LogP contribution in [0.3, 0.4) is 0 Å². The predicted octanol–water partition coefficient (Wildman–Crippen LogP) is 3.59. The Kier molecular flexibility index (Phi) is 5.26. The minimum atomic E-state index is -3.69. The predicted molar refractivity (Wildman–Crippen MR) is 114 cm³/mol. The molecule has 0 unspecified atom stereocenters. The Bertz CT molecular complexity index is 882. The van der Waals surface area contributed by atoms with Crippen molar-refractivity contribution in [2.75, 3.05) is 17.7 Å². The maximum absolute atomic E-state index is 13.2. The number of benzene rings is 1. The highest BCUT2D eigenvalue weighted by molar-refractivity contribution is 7.92. The molecule has 0 heterocycles. The normalized spacial score (nSPS) is 31.4. The van der Waals surface area contributed by atoms with Crippen LogP contribution in [-0.4, -0.2) is 39.3 Å². The first kappa shape index (κ1) is 20.8. The number of nitrogens with one attached hydrogen (secondary N) is 1. The van der Waals surface area contributed by atoms with Crippen molar-refractivity contribution in [3.05, 3.63) is 23.2 Å². The van der Waals surface area contributed by atoms with E-state index in [1.54, 1.807) is 19.1 Å². The second-order valence-electron chi connectivity index (χ2n) is 9.24. The van der Waals surface area contributed by atoms with Crippen LogP contribution in [0.4, 0.5) is 5.69 Å². The summed E-state index contributed by atoms with van der Waals surface area (Å²) in [5.41, 5.74) is 0.187. The first-order valence-electron chi connectivity index (χ1n) is 10.3. The molecular formula is C21H29ClN2O4S. The Morgan fingerprint density at radius 3 is 2.21 bits per heavy atom. The fraction of sp³-hybridized carbons (Fsp3) is 0.667. The molecule has 4 aliphatic rings. The number of ether oxygens (including phenoxy) is 1. The summed E-state index contributed by atoms with van der Waals surface area (Å²) >= 11 is 6.21. The van der Waals surface area contributed by atoms with Crippen LogP contribution < -0.4 is 14.4 Å². The number of carbonyl (C=O) groups excluding carboxylic acids is 1. The van der Waals surface area contributed by atoms with E-state index < -0.39 is 16.1 Å². The van der Waals surface area contributed by atoms with E-state index in [0.29, 0.717) is 34.2 Å². The van der Waals surface area contributed by atoms with Crippen LogP contribution in [0.1, 0.15) is 45.4 Å². The third-order valence-electron chi connectivity index (χ3n) is 6.90. The Labute approximate surface area is 178 Å². The lowest BCUT2D eigenvalue weighted by Crippen LogP contribution is -2.62. The van der Waals surface area contributed by atoms with Crippen LogP contribution in [0.2, 0.25) is 5.02 Å². The number of hydrogen-bond donors (Lipinski definition) is 1. The summed E-state index contributed by atoms with van der Waals surface area (Å²) in [6.07, 6.45) is 8.01. The summed E-state index contributed by atoms with van der Waals surface area (Å²) in [6, 6.07) is 3.87. The van der Waals surface area contributed by atoms with Crippen molar-refractivity contribution in [3.63, 3.8) is 0 Å². The van der Waals surface area contributed by atoms with E-state index in [4.69, 9.17) is 16.3 Å². The number of methoxy groups -OCH3 is 1. The van der Waals surface area contributed by atoms with Crippen molar-refractivity contribution in [1.29, 1.82) is 0 Å². The number of hydrogen-bond acceptors (Lipinski definition) is 4. The maximum Gasteiger partial charge on any atom is 0.244 e. The average molecular weight is 441 g/mol. The first-order chi connectivity index (χ1) is 13.6. The van der Waals surface area contributed by atoms with Gasteiger partial charge in [0.05, 0.1) is 24.1 Å². The van der Waals surface area contributed by atoms with Crippen LogP contribution in [0.25, 0.3) is 0 Å². The minimum absolute atomic E-state index is 0.166. The molecule has 1 atom stereocenters. The smallest absolute Gasteiger partial charge is 0.244 e. The van der Waals surface area contributed by atoms with E-state index in [9.17, 15) is 13.2 Å². The van der Waals surface area contributed by atoms with Gasteiger partial charge < -0.3 is 10.1 Å². The van der Waals surface area contributed by atoms with Crippen LogP contribution in [-0.2, 0) is 14.8 Å². The number of halogens is 1. The Morgan fingerprint density at radius 2 is 1.76 bits per heavy atom. The summed E-state index contributed by atoms with van der Waals surface area (Å²) in [5.74, 6) is 2.30. The molecule has 1 amide bonds. The number of nitrogens with zero attached hydrogens (tertiary/aromatic N) is 1. The second kappa shape index (κ2) is 7.34. The zero-order chi connectivity index (χ0) is 21.0. The molecule has 1 N–H and O–H groups in total. The van der Waals surface area contributed by atoms with Gasteiger partial charge in [-0.1, -0.05) is 11.6 Å². The lowest BCUT2D eigenvalue weighted by Gasteiger charge is -2.57. The molecule has 4 bridgehead atoms. The molecule has 0 aliphatic heterocycles. The van der Waals surface area contributed by atoms with E-state index in [1.165, 1.54) is 32.4 Å². The lowest BCUT2D eigenvalue weighted by molar-refractivity contribution is -0.127. The lowest BCUT2D eigenvalue weighted by atomic mass is 9.53. The molecule has 4 saturated carbocycles. The molecule has 29 heavy (non-hydrogen) atoms. The van der Waals surface area contributed by atoms with Gasteiger partial charge in [-0.3, -0.25) is 9.10 Å². The van der Waals surface area contributed by atoms with Gasteiger partial charge in [0, 0.05) is 5.54 Å². The maximum atomic E-state index is 13.2. The highest BCUT2D eigenvalue weighted by atomic mass is 35.5. The Hall–Kier alpha value is -1.47. The molecule has 5 rings (SSSR count). The topological polar surface area (TPSA) is 75.7 Å². The quantitative estimate of drug-likeness (QED) is 0.733. The number of sulfonamides is 1. The minimum Gasteiger partial charge on any atom is -0.495 e. The van der Waals surface area contributed by atoms with Gasteiger partial charge in [0.1, 0.15) is 11.8 Å². The molecule has 8 heteroatoms. The number of amides is 1. The summed E-state index contributed by atoms with van der Waals surface area (Å²) in [7, 11) is -2.19. The highest BCUT2D eigenvalue weighted by Crippen LogP contribution is 2.55. The molecule has 0 spiro atoms. The molecule has 4 fully saturated rings. The Morgan fingerprint density at radius 1 is 1.21 bits per heavy atom. The van der Waals surface area contributed by atoms with Crippen molar-refractivity contribution in [1.82, 2.24) is 5.32 Å². The van der Waals surface area contributed by atoms with E-state index in [0.717, 1.165) is 29.8 Å². The number of anilines is 1. The largest absolute Gasteiger partial charge is 0.495 e. The van der Waals surface area contributed by atoms with Crippen molar-refractivity contribution < 1.29 is 17.9 Å². The van der Waals surface area contributed by atoms with Crippen LogP contribution in [0.15, 0.2) is 18.2 Å². The van der Waals surface area contributed by atoms with E-state index in [1.807, 2.05) is 0 Å². The monoisotopic (exact) mass is 440 g/mol. The molecule has 0 saturated heterocycles. The molecule has 1 aromatic rings. The van der Waals surface area contributed by atoms with Gasteiger partial charge in [-0.2, -0.15) is 0 Å². The fourth-order valence-electron chi connectivity index (χ4n) is 6.23. The molecule has 1 aromatic carbocycles. The van der Waals surface area contributed by atoms with Gasteiger partial charge in [-0.25, -0.2) is 8.42 Å². The molecular weight excluding hydrogens is 412 g/mol. The zero-order valence-corrected chi connectivity index (χ0v) is 18.7. The summed E-state index contributed by atoms with van der Waals surface area (Å²) in [6.45, 7) is 1.63. The number of rotatable bonds is 6. The van der Waals surface area contributed by atoms with E-state index >= 15 is 0 Å². The molecule has 0 radical (unpaired) electrons. The second-order valence-corrected chi connectivity index (χ2v) is 11.5. The molecule has 160 valence electrons. The summed E-state index contributed by atoms with van der Waals surface area (Å²) in [5, 5.41) is 3.58. The first-order valence-corrected chi connectivity index (χ1v) is 12.5. The van der Waals surface area contributed by atoms with Gasteiger partial charge in [0.15, 0.2) is 0 Å². The fourth-order valence-corrected chi connectivity index (χ4v) is 7.65. The third kappa shape index (κ3) is 3.96. The van der Waals surface area contributed by atoms with Crippen LogP contribution in [0.5, 0.6) is 5.75 Å². The standard InChI is InChI=1S/C21H29ClN2O4S/c1-13(24(29(3,26)27)17-4-5-19(28-2)18(22)9-17)20(25)23-21-10-14-6-15(11-21)8-16(7-14)12-21/h4-5,9,13-16H,6-8,10-12H2,1-3H3,(H,23,25)/t13-,14?,15?,16?,21?/m1/s1. The molecule has 0 aromatic heterocycles. The van der Waals surface area contributed by atoms with E-state index in [2.05, 4.69) is 5.32 Å². The average Bonchev–Trinajstić information content (AvgIpc) is 2.59. The Balaban J connectivity index is 1.57. The third-order valence-corrected chi connectivity index (χ3v) is 8.44. The number of carbonyl (C=O) groups is 1. The van der Waals surface area contributed by atoms with Gasteiger partial charge >= 0.3 is 0 Å². The summed E-state index contributed by atoms with van der Waals surface area (Å²) in [4.78, 5) is 13.2. The SMILES string of the molecule is COc1ccc(N([C@H](C)C(=O)NC23CC4CC(CC(C4)C2)C3)S(C)(=O)=O)cc1Cl. The van der Waals surface area contributed by atoms with Gasteiger partial charge in [0.2, 0.25) is 15.9 Å². The summed E-state index contributed by atoms with van der Waals surface area (Å²) < 4.78 is 31.5. The van der Waals surface area contributed by atoms with Crippen molar-refractivity contribution >= 4 is 33.2 Å². The highest BCUT2D eigenvalue weighted by Gasteiger charge is 2.52. The van der Waals surface area contributed by atoms with Crippen molar-refractivity contribution in [2.24, 2.45) is 17.8 Å². The van der Waals surface area contributed by atoms with Gasteiger partial charge in [-0.15, -0.1) is 0 Å². The van der Waals surface area contributed by atoms with Crippen molar-refractivity contribution in [2.45, 2.75) is 57.0 Å². The van der Waals surface area contributed by atoms with E-state index in [-0.39, 0.29) is 11.4 Å². The van der Waals surface area contributed by atoms with Gasteiger partial charge in [0.25, 0.3) is 0 Å².